The van der Waals surface area contributed by atoms with Gasteiger partial charge in [-0.2, -0.15) is 13.2 Å². The van der Waals surface area contributed by atoms with Crippen LogP contribution in [0.25, 0.3) is 11.1 Å². The van der Waals surface area contributed by atoms with Crippen LogP contribution in [0, 0.1) is 0 Å². The van der Waals surface area contributed by atoms with Crippen LogP contribution in [0.15, 0.2) is 65.6 Å². The van der Waals surface area contributed by atoms with Crippen molar-refractivity contribution in [1.29, 1.82) is 0 Å². The molecule has 0 saturated heterocycles. The molecule has 3 nitrogen and oxygen atoms in total. The third-order valence-corrected chi connectivity index (χ3v) is 6.75. The van der Waals surface area contributed by atoms with Crippen molar-refractivity contribution in [2.45, 2.75) is 30.3 Å². The molecule has 3 aromatic carbocycles. The number of benzene rings is 3. The van der Waals surface area contributed by atoms with Crippen molar-refractivity contribution in [3.8, 4) is 11.1 Å². The summed E-state index contributed by atoms with van der Waals surface area (Å²) < 4.78 is 62.2. The molecule has 1 aliphatic carbocycles. The van der Waals surface area contributed by atoms with Gasteiger partial charge >= 0.3 is 6.18 Å². The Labute approximate surface area is 183 Å². The van der Waals surface area contributed by atoms with Crippen LogP contribution in [0.4, 0.5) is 18.9 Å². The minimum absolute atomic E-state index is 0.0111. The number of hydrogen-bond acceptors (Lipinski definition) is 3. The Hall–Kier alpha value is -2.51. The zero-order chi connectivity index (χ0) is 22.2. The lowest BCUT2D eigenvalue weighted by Gasteiger charge is -2.18. The Balaban J connectivity index is 1.58. The molecule has 0 heterocycles. The zero-order valence-corrected chi connectivity index (χ0v) is 17.9. The predicted molar refractivity (Wildman–Crippen MR) is 116 cm³/mol. The van der Waals surface area contributed by atoms with Crippen molar-refractivity contribution in [2.24, 2.45) is 0 Å². The van der Waals surface area contributed by atoms with Crippen molar-refractivity contribution < 1.29 is 21.6 Å². The van der Waals surface area contributed by atoms with Crippen LogP contribution < -0.4 is 5.32 Å². The van der Waals surface area contributed by atoms with Gasteiger partial charge in [0.05, 0.1) is 11.3 Å². The lowest BCUT2D eigenvalue weighted by Crippen LogP contribution is -2.16. The molecule has 0 fully saturated rings. The van der Waals surface area contributed by atoms with Gasteiger partial charge in [-0.25, -0.2) is 8.42 Å². The van der Waals surface area contributed by atoms with Gasteiger partial charge in [-0.05, 0) is 51.9 Å². The van der Waals surface area contributed by atoms with E-state index in [-0.39, 0.29) is 10.5 Å². The van der Waals surface area contributed by atoms with E-state index in [2.05, 4.69) is 5.32 Å². The molecule has 0 amide bonds. The first-order valence-electron chi connectivity index (χ1n) is 9.69. The summed E-state index contributed by atoms with van der Waals surface area (Å²) >= 11 is 0. The standard InChI is InChI=1S/C23H19ClF3NO2S/c24-31(29,30)18-8-5-15(6-9-18)11-12-28-22-17(14-23(25,26)27)7-10-20-19-4-2-1-3-16(19)13-21(20)22/h1-10,28H,11-14H2. The molecule has 0 unspecified atom stereocenters. The predicted octanol–water partition coefficient (Wildman–Crippen LogP) is 5.94. The second-order valence-corrected chi connectivity index (χ2v) is 10.1. The molecule has 8 heteroatoms. The Morgan fingerprint density at radius 3 is 2.32 bits per heavy atom. The summed E-state index contributed by atoms with van der Waals surface area (Å²) in [5.74, 6) is 0. The zero-order valence-electron chi connectivity index (χ0n) is 16.3. The van der Waals surface area contributed by atoms with E-state index in [9.17, 15) is 21.6 Å². The third-order valence-electron chi connectivity index (χ3n) is 5.39. The van der Waals surface area contributed by atoms with Crippen molar-refractivity contribution in [1.82, 2.24) is 0 Å². The topological polar surface area (TPSA) is 46.2 Å². The van der Waals surface area contributed by atoms with E-state index in [1.54, 1.807) is 24.3 Å². The fraction of sp³-hybridized carbons (Fsp3) is 0.217. The van der Waals surface area contributed by atoms with Crippen molar-refractivity contribution in [3.63, 3.8) is 0 Å². The Kier molecular flexibility index (Phi) is 5.75. The maximum Gasteiger partial charge on any atom is 0.393 e. The van der Waals surface area contributed by atoms with E-state index in [1.165, 1.54) is 12.1 Å². The van der Waals surface area contributed by atoms with E-state index in [1.807, 2.05) is 24.3 Å². The molecule has 1 aliphatic rings. The first-order valence-corrected chi connectivity index (χ1v) is 12.0. The summed E-state index contributed by atoms with van der Waals surface area (Å²) in [4.78, 5) is 0.0111. The summed E-state index contributed by atoms with van der Waals surface area (Å²) in [6.07, 6.45) is -4.20. The number of hydrogen-bond donors (Lipinski definition) is 1. The van der Waals surface area contributed by atoms with Gasteiger partial charge in [0.2, 0.25) is 0 Å². The Morgan fingerprint density at radius 2 is 1.65 bits per heavy atom. The highest BCUT2D eigenvalue weighted by molar-refractivity contribution is 8.13. The molecule has 3 aromatic rings. The van der Waals surface area contributed by atoms with Gasteiger partial charge in [0.15, 0.2) is 0 Å². The van der Waals surface area contributed by atoms with Crippen LogP contribution >= 0.6 is 10.7 Å². The second kappa shape index (κ2) is 8.20. The van der Waals surface area contributed by atoms with Crippen LogP contribution in [-0.2, 0) is 28.3 Å². The van der Waals surface area contributed by atoms with Crippen molar-refractivity contribution in [2.75, 3.05) is 11.9 Å². The minimum Gasteiger partial charge on any atom is -0.384 e. The number of anilines is 1. The molecule has 0 bridgehead atoms. The first-order chi connectivity index (χ1) is 14.6. The second-order valence-electron chi connectivity index (χ2n) is 7.51. The van der Waals surface area contributed by atoms with Gasteiger partial charge in [-0.1, -0.05) is 48.5 Å². The molecule has 0 radical (unpaired) electrons. The summed E-state index contributed by atoms with van der Waals surface area (Å²) in [5, 5.41) is 3.22. The number of nitrogens with one attached hydrogen (secondary N) is 1. The number of fused-ring (bicyclic) bond motifs is 3. The van der Waals surface area contributed by atoms with Crippen LogP contribution in [0.3, 0.4) is 0 Å². The molecule has 162 valence electrons. The SMILES string of the molecule is O=S(=O)(Cl)c1ccc(CCNc2c(CC(F)(F)F)ccc3c2Cc2ccccc2-3)cc1. The van der Waals surface area contributed by atoms with E-state index < -0.39 is 21.6 Å². The molecular weight excluding hydrogens is 447 g/mol. The molecular formula is C23H19ClF3NO2S. The van der Waals surface area contributed by atoms with E-state index in [4.69, 9.17) is 10.7 Å². The largest absolute Gasteiger partial charge is 0.393 e. The van der Waals surface area contributed by atoms with Gasteiger partial charge < -0.3 is 5.32 Å². The summed E-state index contributed by atoms with van der Waals surface area (Å²) in [6.45, 7) is 0.407. The fourth-order valence-corrected chi connectivity index (χ4v) is 4.76. The molecule has 4 rings (SSSR count). The van der Waals surface area contributed by atoms with Gasteiger partial charge in [0, 0.05) is 29.3 Å². The normalized spacial score (nSPS) is 13.0. The number of rotatable bonds is 6. The quantitative estimate of drug-likeness (QED) is 0.358. The molecule has 31 heavy (non-hydrogen) atoms. The Bertz CT molecular complexity index is 1220. The third kappa shape index (κ3) is 4.88. The fourth-order valence-electron chi connectivity index (χ4n) is 3.99. The molecule has 0 saturated carbocycles. The average molecular weight is 466 g/mol. The van der Waals surface area contributed by atoms with Gasteiger partial charge in [-0.15, -0.1) is 0 Å². The lowest BCUT2D eigenvalue weighted by atomic mass is 9.98. The average Bonchev–Trinajstić information content (AvgIpc) is 3.07. The van der Waals surface area contributed by atoms with E-state index >= 15 is 0 Å². The van der Waals surface area contributed by atoms with Crippen molar-refractivity contribution in [3.05, 3.63) is 82.9 Å². The molecule has 0 aromatic heterocycles. The number of halogens is 4. The highest BCUT2D eigenvalue weighted by Crippen LogP contribution is 2.42. The molecule has 0 spiro atoms. The van der Waals surface area contributed by atoms with Crippen LogP contribution in [0.2, 0.25) is 0 Å². The van der Waals surface area contributed by atoms with E-state index in [0.29, 0.717) is 25.1 Å². The molecule has 0 aliphatic heterocycles. The van der Waals surface area contributed by atoms with Gasteiger partial charge in [0.25, 0.3) is 9.05 Å². The molecule has 1 N–H and O–H groups in total. The highest BCUT2D eigenvalue weighted by atomic mass is 35.7. The first kappa shape index (κ1) is 21.7. The minimum atomic E-state index is -4.31. The lowest BCUT2D eigenvalue weighted by molar-refractivity contribution is -0.127. The summed E-state index contributed by atoms with van der Waals surface area (Å²) in [5.41, 5.74) is 5.60. The Morgan fingerprint density at radius 1 is 0.935 bits per heavy atom. The van der Waals surface area contributed by atoms with E-state index in [0.717, 1.165) is 27.8 Å². The van der Waals surface area contributed by atoms with Gasteiger partial charge in [0.1, 0.15) is 0 Å². The maximum atomic E-state index is 13.2. The smallest absolute Gasteiger partial charge is 0.384 e. The van der Waals surface area contributed by atoms with Crippen molar-refractivity contribution >= 4 is 25.4 Å². The van der Waals surface area contributed by atoms with Crippen LogP contribution in [0.5, 0.6) is 0 Å². The highest BCUT2D eigenvalue weighted by Gasteiger charge is 2.31. The summed E-state index contributed by atoms with van der Waals surface area (Å²) in [7, 11) is 1.54. The maximum absolute atomic E-state index is 13.2. The number of alkyl halides is 3. The molecule has 0 atom stereocenters. The monoisotopic (exact) mass is 465 g/mol. The summed E-state index contributed by atoms with van der Waals surface area (Å²) in [6, 6.07) is 17.3. The van der Waals surface area contributed by atoms with Crippen LogP contribution in [0.1, 0.15) is 22.3 Å². The van der Waals surface area contributed by atoms with Gasteiger partial charge in [-0.3, -0.25) is 0 Å². The van der Waals surface area contributed by atoms with Crippen LogP contribution in [-0.4, -0.2) is 21.1 Å².